The number of rotatable bonds is 5. The molecular formula is C14H14N4O6S. The molecule has 0 aliphatic heterocycles. The van der Waals surface area contributed by atoms with E-state index in [1.54, 1.807) is 6.92 Å². The second-order valence-electron chi connectivity index (χ2n) is 4.29. The molecule has 0 aromatic heterocycles. The molecule has 1 aromatic carbocycles. The first-order valence-corrected chi connectivity index (χ1v) is 7.25. The van der Waals surface area contributed by atoms with Crippen molar-refractivity contribution in [2.24, 2.45) is 0 Å². The standard InChI is InChI=1S/C14H14N4O6S/c1-2-24-12(20)8-7-11(19)15-14(25)17-16-13(21)9-3-5-10(6-4-9)18(22)23/h3-8H,2H2,1H3,(H,16,21)(H2,15,17,19,25). The molecule has 3 N–H and O–H groups in total. The quantitative estimate of drug-likeness (QED) is 0.223. The molecular weight excluding hydrogens is 352 g/mol. The molecule has 0 heterocycles. The van der Waals surface area contributed by atoms with Gasteiger partial charge in [0.25, 0.3) is 11.6 Å². The Hall–Kier alpha value is -3.34. The predicted octanol–water partition coefficient (Wildman–Crippen LogP) is 0.350. The number of hydrogen-bond acceptors (Lipinski definition) is 7. The van der Waals surface area contributed by atoms with E-state index >= 15 is 0 Å². The van der Waals surface area contributed by atoms with E-state index in [0.717, 1.165) is 12.2 Å². The van der Waals surface area contributed by atoms with Gasteiger partial charge in [-0.2, -0.15) is 0 Å². The van der Waals surface area contributed by atoms with Crippen LogP contribution in [0.1, 0.15) is 17.3 Å². The second-order valence-corrected chi connectivity index (χ2v) is 4.70. The second kappa shape index (κ2) is 9.72. The van der Waals surface area contributed by atoms with Crippen molar-refractivity contribution in [3.05, 3.63) is 52.1 Å². The maximum absolute atomic E-state index is 11.8. The zero-order chi connectivity index (χ0) is 18.8. The van der Waals surface area contributed by atoms with Gasteiger partial charge in [-0.3, -0.25) is 35.9 Å². The summed E-state index contributed by atoms with van der Waals surface area (Å²) < 4.78 is 4.60. The van der Waals surface area contributed by atoms with Gasteiger partial charge in [-0.25, -0.2) is 4.79 Å². The maximum atomic E-state index is 11.8. The fourth-order valence-corrected chi connectivity index (χ4v) is 1.59. The summed E-state index contributed by atoms with van der Waals surface area (Å²) in [6, 6.07) is 4.88. The number of nitro benzene ring substituents is 1. The molecule has 1 rings (SSSR count). The van der Waals surface area contributed by atoms with E-state index in [4.69, 9.17) is 12.2 Å². The van der Waals surface area contributed by atoms with E-state index in [0.29, 0.717) is 0 Å². The molecule has 0 fully saturated rings. The number of ether oxygens (including phenoxy) is 1. The van der Waals surface area contributed by atoms with E-state index in [9.17, 15) is 24.5 Å². The number of nitrogens with zero attached hydrogens (tertiary/aromatic N) is 1. The van der Waals surface area contributed by atoms with Crippen LogP contribution in [0.25, 0.3) is 0 Å². The van der Waals surface area contributed by atoms with E-state index < -0.39 is 22.7 Å². The molecule has 0 aliphatic rings. The van der Waals surface area contributed by atoms with Crippen molar-refractivity contribution >= 4 is 40.8 Å². The summed E-state index contributed by atoms with van der Waals surface area (Å²) in [4.78, 5) is 44.3. The summed E-state index contributed by atoms with van der Waals surface area (Å²) in [6.07, 6.45) is 1.85. The Kier molecular flexibility index (Phi) is 7.66. The molecule has 0 saturated carbocycles. The van der Waals surface area contributed by atoms with Crippen LogP contribution >= 0.6 is 12.2 Å². The van der Waals surface area contributed by atoms with Crippen molar-refractivity contribution in [1.29, 1.82) is 0 Å². The number of carbonyl (C=O) groups excluding carboxylic acids is 3. The molecule has 2 amide bonds. The number of thiocarbonyl (C=S) groups is 1. The van der Waals surface area contributed by atoms with Crippen LogP contribution in [0.15, 0.2) is 36.4 Å². The fraction of sp³-hybridized carbons (Fsp3) is 0.143. The minimum absolute atomic E-state index is 0.148. The number of carbonyl (C=O) groups is 3. The minimum atomic E-state index is -0.699. The summed E-state index contributed by atoms with van der Waals surface area (Å²) in [5, 5.41) is 12.5. The van der Waals surface area contributed by atoms with Gasteiger partial charge in [0.15, 0.2) is 5.11 Å². The van der Waals surface area contributed by atoms with Gasteiger partial charge in [-0.15, -0.1) is 0 Å². The third kappa shape index (κ3) is 7.18. The van der Waals surface area contributed by atoms with Gasteiger partial charge in [0.2, 0.25) is 5.91 Å². The van der Waals surface area contributed by atoms with Crippen LogP contribution in [0.3, 0.4) is 0 Å². The van der Waals surface area contributed by atoms with Crippen molar-refractivity contribution in [1.82, 2.24) is 16.2 Å². The summed E-state index contributed by atoms with van der Waals surface area (Å²) in [7, 11) is 0. The highest BCUT2D eigenvalue weighted by atomic mass is 32.1. The Bertz CT molecular complexity index is 717. The monoisotopic (exact) mass is 366 g/mol. The molecule has 0 unspecified atom stereocenters. The number of nitrogens with one attached hydrogen (secondary N) is 3. The number of amides is 2. The van der Waals surface area contributed by atoms with Crippen LogP contribution in [0.4, 0.5) is 5.69 Å². The average Bonchev–Trinajstić information content (AvgIpc) is 2.58. The third-order valence-corrected chi connectivity index (χ3v) is 2.73. The Morgan fingerprint density at radius 2 is 1.84 bits per heavy atom. The fourth-order valence-electron chi connectivity index (χ4n) is 1.44. The first kappa shape index (κ1) is 19.7. The van der Waals surface area contributed by atoms with Gasteiger partial charge in [-0.05, 0) is 31.3 Å². The lowest BCUT2D eigenvalue weighted by atomic mass is 10.2. The number of benzene rings is 1. The normalized spacial score (nSPS) is 9.96. The van der Waals surface area contributed by atoms with Crippen LogP contribution in [0.2, 0.25) is 0 Å². The Morgan fingerprint density at radius 1 is 1.20 bits per heavy atom. The van der Waals surface area contributed by atoms with Gasteiger partial charge in [-0.1, -0.05) is 0 Å². The molecule has 25 heavy (non-hydrogen) atoms. The lowest BCUT2D eigenvalue weighted by molar-refractivity contribution is -0.384. The molecule has 0 bridgehead atoms. The predicted molar refractivity (Wildman–Crippen MR) is 90.2 cm³/mol. The molecule has 0 spiro atoms. The Morgan fingerprint density at radius 3 is 2.40 bits per heavy atom. The van der Waals surface area contributed by atoms with Crippen molar-refractivity contribution in [3.8, 4) is 0 Å². The molecule has 10 nitrogen and oxygen atoms in total. The number of non-ortho nitro benzene ring substituents is 1. The van der Waals surface area contributed by atoms with Crippen molar-refractivity contribution in [3.63, 3.8) is 0 Å². The van der Waals surface area contributed by atoms with Crippen LogP contribution in [-0.2, 0) is 14.3 Å². The summed E-state index contributed by atoms with van der Waals surface area (Å²) in [6.45, 7) is 1.80. The molecule has 0 saturated heterocycles. The highest BCUT2D eigenvalue weighted by Gasteiger charge is 2.10. The van der Waals surface area contributed by atoms with Gasteiger partial charge < -0.3 is 4.74 Å². The van der Waals surface area contributed by atoms with Gasteiger partial charge in [0.1, 0.15) is 0 Å². The SMILES string of the molecule is CCOC(=O)C=CC(=O)NC(=S)NNC(=O)c1ccc([N+](=O)[O-])cc1. The number of esters is 1. The lowest BCUT2D eigenvalue weighted by Crippen LogP contribution is -2.48. The molecule has 0 radical (unpaired) electrons. The first-order valence-electron chi connectivity index (χ1n) is 6.84. The number of nitro groups is 1. The van der Waals surface area contributed by atoms with Crippen LogP contribution in [-0.4, -0.2) is 34.4 Å². The topological polar surface area (TPSA) is 140 Å². The van der Waals surface area contributed by atoms with Crippen molar-refractivity contribution < 1.29 is 24.0 Å². The van der Waals surface area contributed by atoms with Crippen molar-refractivity contribution in [2.75, 3.05) is 6.61 Å². The van der Waals surface area contributed by atoms with Crippen LogP contribution in [0.5, 0.6) is 0 Å². The van der Waals surface area contributed by atoms with E-state index in [-0.39, 0.29) is 23.0 Å². The van der Waals surface area contributed by atoms with Crippen LogP contribution < -0.4 is 16.2 Å². The Labute approximate surface area is 147 Å². The average molecular weight is 366 g/mol. The van der Waals surface area contributed by atoms with Crippen molar-refractivity contribution in [2.45, 2.75) is 6.92 Å². The zero-order valence-corrected chi connectivity index (χ0v) is 13.8. The molecule has 11 heteroatoms. The van der Waals surface area contributed by atoms with Gasteiger partial charge >= 0.3 is 5.97 Å². The van der Waals surface area contributed by atoms with Gasteiger partial charge in [0.05, 0.1) is 11.5 Å². The molecule has 0 aliphatic carbocycles. The largest absolute Gasteiger partial charge is 0.463 e. The maximum Gasteiger partial charge on any atom is 0.330 e. The zero-order valence-electron chi connectivity index (χ0n) is 13.0. The van der Waals surface area contributed by atoms with E-state index in [2.05, 4.69) is 20.9 Å². The summed E-state index contributed by atoms with van der Waals surface area (Å²) >= 11 is 4.79. The lowest BCUT2D eigenvalue weighted by Gasteiger charge is -2.09. The number of hydrogen-bond donors (Lipinski definition) is 3. The highest BCUT2D eigenvalue weighted by molar-refractivity contribution is 7.80. The molecule has 0 atom stereocenters. The molecule has 1 aromatic rings. The molecule has 132 valence electrons. The number of hydrazine groups is 1. The third-order valence-electron chi connectivity index (χ3n) is 2.52. The van der Waals surface area contributed by atoms with Gasteiger partial charge in [0, 0.05) is 29.8 Å². The highest BCUT2D eigenvalue weighted by Crippen LogP contribution is 2.11. The summed E-state index contributed by atoms with van der Waals surface area (Å²) in [5.41, 5.74) is 4.48. The van der Waals surface area contributed by atoms with E-state index in [1.807, 2.05) is 0 Å². The Balaban J connectivity index is 2.45. The first-order chi connectivity index (χ1) is 11.8. The smallest absolute Gasteiger partial charge is 0.330 e. The summed E-state index contributed by atoms with van der Waals surface area (Å²) in [5.74, 6) is -1.99. The minimum Gasteiger partial charge on any atom is -0.463 e. The van der Waals surface area contributed by atoms with E-state index in [1.165, 1.54) is 24.3 Å². The van der Waals surface area contributed by atoms with Crippen LogP contribution in [0, 0.1) is 10.1 Å².